The highest BCUT2D eigenvalue weighted by molar-refractivity contribution is 6.31. The fraction of sp³-hybridized carbons (Fsp3) is 0.300. The Labute approximate surface area is 167 Å². The molecule has 144 valence electrons. The average molecular weight is 400 g/mol. The van der Waals surface area contributed by atoms with Gasteiger partial charge in [0.2, 0.25) is 6.54 Å². The van der Waals surface area contributed by atoms with Gasteiger partial charge in [0.1, 0.15) is 5.75 Å². The number of amides is 2. The topological polar surface area (TPSA) is 65.2 Å². The van der Waals surface area contributed by atoms with E-state index in [-0.39, 0.29) is 6.54 Å². The number of fused-ring (bicyclic) bond motifs is 1. The lowest BCUT2D eigenvalue weighted by atomic mass is 10.2. The number of rotatable bonds is 5. The van der Waals surface area contributed by atoms with Gasteiger partial charge in [-0.3, -0.25) is 9.69 Å². The van der Waals surface area contributed by atoms with Crippen molar-refractivity contribution in [1.29, 1.82) is 0 Å². The van der Waals surface area contributed by atoms with Gasteiger partial charge < -0.3 is 9.64 Å². The number of carbonyl (C=O) groups excluding carboxylic acids is 2. The lowest BCUT2D eigenvalue weighted by Gasteiger charge is -2.27. The molecule has 1 unspecified atom stereocenters. The summed E-state index contributed by atoms with van der Waals surface area (Å²) in [7, 11) is 0. The molecule has 8 heteroatoms. The zero-order valence-corrected chi connectivity index (χ0v) is 16.2. The van der Waals surface area contributed by atoms with E-state index in [0.29, 0.717) is 24.7 Å². The molecule has 4 rings (SSSR count). The van der Waals surface area contributed by atoms with Crippen LogP contribution in [0, 0.1) is 0 Å². The molecule has 0 bridgehead atoms. The summed E-state index contributed by atoms with van der Waals surface area (Å²) >= 11 is 6.03. The summed E-state index contributed by atoms with van der Waals surface area (Å²) < 4.78 is 6.72. The van der Waals surface area contributed by atoms with Crippen molar-refractivity contribution in [1.82, 2.24) is 4.90 Å². The number of anilines is 1. The van der Waals surface area contributed by atoms with Crippen molar-refractivity contribution in [2.24, 2.45) is 5.11 Å². The van der Waals surface area contributed by atoms with Gasteiger partial charge in [0.15, 0.2) is 0 Å². The molecular formula is C20H20ClN4O3+. The number of halogens is 1. The monoisotopic (exact) mass is 399 g/mol. The molecule has 2 aromatic carbocycles. The van der Waals surface area contributed by atoms with Gasteiger partial charge in [-0.25, -0.2) is 4.79 Å². The molecule has 7 nitrogen and oxygen atoms in total. The van der Waals surface area contributed by atoms with E-state index in [2.05, 4.69) is 5.11 Å². The molecule has 0 radical (unpaired) electrons. The molecular weight excluding hydrogens is 380 g/mol. The van der Waals surface area contributed by atoms with Gasteiger partial charge in [-0.2, -0.15) is 0 Å². The Morgan fingerprint density at radius 2 is 1.89 bits per heavy atom. The van der Waals surface area contributed by atoms with Crippen LogP contribution >= 0.6 is 11.6 Å². The summed E-state index contributed by atoms with van der Waals surface area (Å²) in [4.78, 5) is 28.6. The van der Waals surface area contributed by atoms with E-state index >= 15 is 0 Å². The maximum Gasteiger partial charge on any atom is 0.502 e. The summed E-state index contributed by atoms with van der Waals surface area (Å²) in [6, 6.07) is 14.8. The van der Waals surface area contributed by atoms with Crippen LogP contribution in [0.25, 0.3) is 0 Å². The maximum atomic E-state index is 12.6. The summed E-state index contributed by atoms with van der Waals surface area (Å²) in [5.74, 6) is -0.364. The van der Waals surface area contributed by atoms with Gasteiger partial charge in [-0.15, -0.1) is 0 Å². The molecule has 0 saturated carbocycles. The second-order valence-corrected chi connectivity index (χ2v) is 7.01. The van der Waals surface area contributed by atoms with Crippen molar-refractivity contribution in [2.45, 2.75) is 19.8 Å². The molecule has 2 aliphatic heterocycles. The number of nitrogens with zero attached hydrogens (tertiary/aromatic N) is 4. The maximum absolute atomic E-state index is 12.6. The summed E-state index contributed by atoms with van der Waals surface area (Å²) in [6.45, 7) is 3.80. The number of benzene rings is 2. The van der Waals surface area contributed by atoms with Crippen molar-refractivity contribution in [3.05, 3.63) is 59.1 Å². The fourth-order valence-electron chi connectivity index (χ4n) is 3.44. The predicted molar refractivity (Wildman–Crippen MR) is 103 cm³/mol. The largest absolute Gasteiger partial charge is 0.502 e. The van der Waals surface area contributed by atoms with Crippen LogP contribution in [0.2, 0.25) is 5.02 Å². The molecule has 1 fully saturated rings. The third-order valence-corrected chi connectivity index (χ3v) is 5.00. The molecule has 0 aliphatic carbocycles. The van der Waals surface area contributed by atoms with Gasteiger partial charge >= 0.3 is 11.8 Å². The van der Waals surface area contributed by atoms with Gasteiger partial charge in [0.25, 0.3) is 6.29 Å². The van der Waals surface area contributed by atoms with Crippen LogP contribution in [0.4, 0.5) is 5.69 Å². The Kier molecular flexibility index (Phi) is 5.00. The molecule has 2 aromatic rings. The number of hydrogen-bond acceptors (Lipinski definition) is 5. The highest BCUT2D eigenvalue weighted by atomic mass is 35.5. The quantitative estimate of drug-likeness (QED) is 0.573. The van der Waals surface area contributed by atoms with E-state index in [1.165, 1.54) is 9.60 Å². The third kappa shape index (κ3) is 3.45. The van der Waals surface area contributed by atoms with E-state index in [1.807, 2.05) is 48.2 Å². The highest BCUT2D eigenvalue weighted by Crippen LogP contribution is 2.29. The minimum Gasteiger partial charge on any atom is -0.494 e. The van der Waals surface area contributed by atoms with Crippen LogP contribution in [-0.2, 0) is 16.1 Å². The molecule has 0 aromatic heterocycles. The van der Waals surface area contributed by atoms with Crippen LogP contribution in [0.1, 0.15) is 12.5 Å². The first-order valence-electron chi connectivity index (χ1n) is 9.14. The van der Waals surface area contributed by atoms with E-state index < -0.39 is 18.1 Å². The van der Waals surface area contributed by atoms with Crippen LogP contribution in [0.3, 0.4) is 0 Å². The second-order valence-electron chi connectivity index (χ2n) is 6.57. The Hall–Kier alpha value is -2.93. The SMILES string of the molecule is CCOc1ccc(N2CCN3C(=O)C(=O)[N+](Cc4cccc(Cl)c4)=NC32)cc1. The standard InChI is InChI=1S/C20H20ClN4O3/c1-2-28-17-8-6-16(7-9-17)23-10-11-24-18(26)19(27)25(22-20(23)24)13-14-4-3-5-15(21)12-14/h3-9,12,20H,2,10-11,13H2,1H3/q+1. The lowest BCUT2D eigenvalue weighted by molar-refractivity contribution is -0.534. The molecule has 28 heavy (non-hydrogen) atoms. The fourth-order valence-corrected chi connectivity index (χ4v) is 3.65. The minimum atomic E-state index is -0.621. The van der Waals surface area contributed by atoms with Gasteiger partial charge in [-0.05, 0) is 48.0 Å². The molecule has 0 N–H and O–H groups in total. The van der Waals surface area contributed by atoms with Crippen molar-refractivity contribution in [3.63, 3.8) is 0 Å². The highest BCUT2D eigenvalue weighted by Gasteiger charge is 2.49. The van der Waals surface area contributed by atoms with E-state index in [1.54, 1.807) is 12.1 Å². The number of hydrogen-bond donors (Lipinski definition) is 0. The van der Waals surface area contributed by atoms with Gasteiger partial charge in [-0.1, -0.05) is 23.7 Å². The molecule has 2 heterocycles. The minimum absolute atomic E-state index is 0.201. The van der Waals surface area contributed by atoms with Crippen LogP contribution < -0.4 is 9.64 Å². The first-order valence-corrected chi connectivity index (χ1v) is 9.52. The Balaban J connectivity index is 1.62. The van der Waals surface area contributed by atoms with Crippen LogP contribution in [0.15, 0.2) is 53.6 Å². The van der Waals surface area contributed by atoms with Crippen LogP contribution in [-0.4, -0.2) is 47.4 Å². The first kappa shape index (κ1) is 18.4. The summed E-state index contributed by atoms with van der Waals surface area (Å²) in [5.41, 5.74) is 1.74. The normalized spacial score (nSPS) is 18.9. The zero-order valence-electron chi connectivity index (χ0n) is 15.4. The van der Waals surface area contributed by atoms with Crippen molar-refractivity contribution < 1.29 is 19.0 Å². The Morgan fingerprint density at radius 3 is 2.61 bits per heavy atom. The van der Waals surface area contributed by atoms with Crippen molar-refractivity contribution in [2.75, 3.05) is 24.6 Å². The van der Waals surface area contributed by atoms with E-state index in [9.17, 15) is 9.59 Å². The smallest absolute Gasteiger partial charge is 0.494 e. The molecule has 0 spiro atoms. The van der Waals surface area contributed by atoms with E-state index in [0.717, 1.165) is 17.0 Å². The molecule has 1 atom stereocenters. The Bertz CT molecular complexity index is 945. The van der Waals surface area contributed by atoms with Crippen molar-refractivity contribution in [3.8, 4) is 5.75 Å². The summed E-state index contributed by atoms with van der Waals surface area (Å²) in [6.07, 6.45) is -0.540. The Morgan fingerprint density at radius 1 is 1.14 bits per heavy atom. The number of ether oxygens (including phenoxy) is 1. The molecule has 2 amide bonds. The zero-order chi connectivity index (χ0) is 19.7. The van der Waals surface area contributed by atoms with Gasteiger partial charge in [0.05, 0.1) is 6.61 Å². The lowest BCUT2D eigenvalue weighted by Crippen LogP contribution is -2.51. The first-order chi connectivity index (χ1) is 13.6. The molecule has 2 aliphatic rings. The third-order valence-electron chi connectivity index (χ3n) is 4.76. The van der Waals surface area contributed by atoms with E-state index in [4.69, 9.17) is 16.3 Å². The molecule has 1 saturated heterocycles. The second kappa shape index (κ2) is 7.59. The average Bonchev–Trinajstić information content (AvgIpc) is 3.11. The van der Waals surface area contributed by atoms with Crippen LogP contribution in [0.5, 0.6) is 5.75 Å². The van der Waals surface area contributed by atoms with Gasteiger partial charge in [0, 0.05) is 34.5 Å². The summed E-state index contributed by atoms with van der Waals surface area (Å²) in [5, 5.41) is 5.13. The van der Waals surface area contributed by atoms with Crippen molar-refractivity contribution >= 4 is 29.1 Å². The number of carbonyl (C=O) groups is 2. The number of azo groups is 2. The predicted octanol–water partition coefficient (Wildman–Crippen LogP) is 2.88.